The molecular weight excluding hydrogens is 408 g/mol. The van der Waals surface area contributed by atoms with Gasteiger partial charge < -0.3 is 20.1 Å². The molecule has 1 unspecified atom stereocenters. The molecule has 5 rings (SSSR count). The maximum atomic E-state index is 13.2. The summed E-state index contributed by atoms with van der Waals surface area (Å²) < 4.78 is 5.62. The number of hydrogen-bond acceptors (Lipinski definition) is 4. The van der Waals surface area contributed by atoms with Crippen LogP contribution in [0, 0.1) is 0 Å². The van der Waals surface area contributed by atoms with Gasteiger partial charge in [0.25, 0.3) is 0 Å². The predicted molar refractivity (Wildman–Crippen MR) is 117 cm³/mol. The van der Waals surface area contributed by atoms with Crippen molar-refractivity contribution in [2.45, 2.75) is 49.6 Å². The maximum absolute atomic E-state index is 13.2. The van der Waals surface area contributed by atoms with Gasteiger partial charge in [-0.05, 0) is 54.4 Å². The van der Waals surface area contributed by atoms with Crippen LogP contribution in [0.4, 0.5) is 4.79 Å². The largest absolute Gasteiger partial charge is 0.480 e. The molecule has 0 spiro atoms. The van der Waals surface area contributed by atoms with E-state index in [0.717, 1.165) is 28.7 Å². The van der Waals surface area contributed by atoms with Crippen molar-refractivity contribution in [1.29, 1.82) is 0 Å². The van der Waals surface area contributed by atoms with Crippen molar-refractivity contribution in [3.8, 4) is 11.1 Å². The Morgan fingerprint density at radius 1 is 1.00 bits per heavy atom. The van der Waals surface area contributed by atoms with Gasteiger partial charge in [-0.1, -0.05) is 48.5 Å². The van der Waals surface area contributed by atoms with Crippen LogP contribution in [-0.4, -0.2) is 52.7 Å². The van der Waals surface area contributed by atoms with Gasteiger partial charge in [0.15, 0.2) is 0 Å². The molecule has 166 valence electrons. The van der Waals surface area contributed by atoms with Gasteiger partial charge in [0.2, 0.25) is 5.91 Å². The van der Waals surface area contributed by atoms with E-state index in [1.54, 1.807) is 0 Å². The number of alkyl carbamates (subject to hydrolysis) is 1. The van der Waals surface area contributed by atoms with E-state index in [1.807, 2.05) is 24.3 Å². The van der Waals surface area contributed by atoms with E-state index in [-0.39, 0.29) is 18.4 Å². The lowest BCUT2D eigenvalue weighted by Gasteiger charge is -2.43. The molecule has 0 bridgehead atoms. The molecule has 7 heteroatoms. The summed E-state index contributed by atoms with van der Waals surface area (Å²) in [7, 11) is 0. The molecule has 0 aromatic heterocycles. The average Bonchev–Trinajstić information content (AvgIpc) is 3.38. The molecule has 2 aromatic carbocycles. The van der Waals surface area contributed by atoms with Crippen LogP contribution < -0.4 is 5.32 Å². The van der Waals surface area contributed by atoms with Crippen molar-refractivity contribution in [1.82, 2.24) is 10.2 Å². The third-order valence-corrected chi connectivity index (χ3v) is 7.10. The number of carboxylic acids is 1. The lowest BCUT2D eigenvalue weighted by Crippen LogP contribution is -2.64. The van der Waals surface area contributed by atoms with E-state index in [1.165, 1.54) is 4.90 Å². The molecule has 32 heavy (non-hydrogen) atoms. The van der Waals surface area contributed by atoms with Crippen LogP contribution in [0.5, 0.6) is 0 Å². The molecule has 1 aliphatic heterocycles. The fraction of sp³-hybridized carbons (Fsp3) is 0.400. The number of nitrogens with zero attached hydrogens (tertiary/aromatic N) is 1. The summed E-state index contributed by atoms with van der Waals surface area (Å²) in [6, 6.07) is 15.4. The highest BCUT2D eigenvalue weighted by atomic mass is 16.5. The van der Waals surface area contributed by atoms with Crippen LogP contribution >= 0.6 is 0 Å². The van der Waals surface area contributed by atoms with E-state index >= 15 is 0 Å². The molecule has 0 radical (unpaired) electrons. The predicted octanol–water partition coefficient (Wildman–Crippen LogP) is 3.52. The van der Waals surface area contributed by atoms with E-state index in [9.17, 15) is 19.5 Å². The molecule has 1 atom stereocenters. The Morgan fingerprint density at radius 3 is 2.19 bits per heavy atom. The highest BCUT2D eigenvalue weighted by molar-refractivity contribution is 5.94. The van der Waals surface area contributed by atoms with Gasteiger partial charge in [-0.25, -0.2) is 9.59 Å². The van der Waals surface area contributed by atoms with Crippen molar-refractivity contribution in [3.05, 3.63) is 59.7 Å². The topological polar surface area (TPSA) is 95.9 Å². The van der Waals surface area contributed by atoms with Crippen LogP contribution in [0.15, 0.2) is 48.5 Å². The Labute approximate surface area is 186 Å². The number of benzene rings is 2. The number of carboxylic acid groups (broad SMARTS) is 1. The normalized spacial score (nSPS) is 20.8. The summed E-state index contributed by atoms with van der Waals surface area (Å²) in [4.78, 5) is 38.9. The summed E-state index contributed by atoms with van der Waals surface area (Å²) in [5, 5.41) is 12.2. The Morgan fingerprint density at radius 2 is 1.62 bits per heavy atom. The number of amides is 2. The average molecular weight is 434 g/mol. The van der Waals surface area contributed by atoms with Crippen molar-refractivity contribution in [3.63, 3.8) is 0 Å². The third-order valence-electron chi connectivity index (χ3n) is 7.10. The van der Waals surface area contributed by atoms with Crippen molar-refractivity contribution >= 4 is 18.0 Å². The van der Waals surface area contributed by atoms with Crippen LogP contribution in [0.1, 0.15) is 49.1 Å². The molecule has 1 saturated carbocycles. The monoisotopic (exact) mass is 434 g/mol. The van der Waals surface area contributed by atoms with E-state index in [0.29, 0.717) is 32.2 Å². The number of ether oxygens (including phenoxy) is 1. The SMILES string of the molecule is O=C(NC1(C(=O)N2CCCC2C(=O)O)CCC1)OCC1c2ccccc2-c2ccccc21. The van der Waals surface area contributed by atoms with Gasteiger partial charge >= 0.3 is 12.1 Å². The number of carbonyl (C=O) groups excluding carboxylic acids is 2. The Bertz CT molecular complexity index is 1030. The minimum Gasteiger partial charge on any atom is -0.480 e. The number of rotatable bonds is 5. The number of hydrogen-bond donors (Lipinski definition) is 2. The summed E-state index contributed by atoms with van der Waals surface area (Å²) in [6.45, 7) is 0.579. The Balaban J connectivity index is 1.28. The number of aliphatic carboxylic acids is 1. The summed E-state index contributed by atoms with van der Waals surface area (Å²) in [5.41, 5.74) is 3.49. The highest BCUT2D eigenvalue weighted by Crippen LogP contribution is 2.44. The summed E-state index contributed by atoms with van der Waals surface area (Å²) >= 11 is 0. The molecule has 7 nitrogen and oxygen atoms in total. The first-order valence-corrected chi connectivity index (χ1v) is 11.2. The molecule has 1 heterocycles. The molecule has 3 aliphatic rings. The van der Waals surface area contributed by atoms with Crippen LogP contribution in [-0.2, 0) is 14.3 Å². The number of carbonyl (C=O) groups is 3. The van der Waals surface area contributed by atoms with Gasteiger partial charge in [-0.15, -0.1) is 0 Å². The molecule has 2 aliphatic carbocycles. The molecular formula is C25H26N2O5. The highest BCUT2D eigenvalue weighted by Gasteiger charge is 2.51. The molecule has 1 saturated heterocycles. The van der Waals surface area contributed by atoms with Gasteiger partial charge in [0, 0.05) is 12.5 Å². The second kappa shape index (κ2) is 7.97. The molecule has 2 aromatic rings. The van der Waals surface area contributed by atoms with E-state index < -0.39 is 23.6 Å². The van der Waals surface area contributed by atoms with Crippen LogP contribution in [0.3, 0.4) is 0 Å². The van der Waals surface area contributed by atoms with Crippen molar-refractivity contribution in [2.75, 3.05) is 13.2 Å². The Kier molecular flexibility index (Phi) is 5.12. The van der Waals surface area contributed by atoms with Crippen molar-refractivity contribution < 1.29 is 24.2 Å². The number of nitrogens with one attached hydrogen (secondary N) is 1. The first-order chi connectivity index (χ1) is 15.5. The fourth-order valence-corrected chi connectivity index (χ4v) is 5.29. The number of fused-ring (bicyclic) bond motifs is 3. The van der Waals surface area contributed by atoms with E-state index in [2.05, 4.69) is 29.6 Å². The van der Waals surface area contributed by atoms with Crippen molar-refractivity contribution in [2.24, 2.45) is 0 Å². The summed E-state index contributed by atoms with van der Waals surface area (Å²) in [5.74, 6) is -1.36. The van der Waals surface area contributed by atoms with Crippen LogP contribution in [0.2, 0.25) is 0 Å². The molecule has 2 N–H and O–H groups in total. The van der Waals surface area contributed by atoms with E-state index in [4.69, 9.17) is 4.74 Å². The first kappa shape index (κ1) is 20.5. The minimum atomic E-state index is -1.05. The first-order valence-electron chi connectivity index (χ1n) is 11.2. The zero-order valence-corrected chi connectivity index (χ0v) is 17.8. The smallest absolute Gasteiger partial charge is 0.408 e. The molecule has 2 amide bonds. The second-order valence-corrected chi connectivity index (χ2v) is 8.88. The summed E-state index contributed by atoms with van der Waals surface area (Å²) in [6.07, 6.45) is 2.27. The lowest BCUT2D eigenvalue weighted by atomic mass is 9.75. The zero-order valence-electron chi connectivity index (χ0n) is 17.8. The van der Waals surface area contributed by atoms with Gasteiger partial charge in [0.05, 0.1) is 0 Å². The maximum Gasteiger partial charge on any atom is 0.408 e. The molecule has 2 fully saturated rings. The standard InChI is InChI=1S/C25H26N2O5/c28-22(29)21-11-5-14-27(21)23(30)25(12-6-13-25)26-24(31)32-15-20-18-9-3-1-7-16(18)17-8-2-4-10-19(17)20/h1-4,7-10,20-21H,5-6,11-15H2,(H,26,31)(H,28,29). The van der Waals surface area contributed by atoms with Crippen LogP contribution in [0.25, 0.3) is 11.1 Å². The quantitative estimate of drug-likeness (QED) is 0.751. The number of likely N-dealkylation sites (tertiary alicyclic amines) is 1. The van der Waals surface area contributed by atoms with Gasteiger partial charge in [-0.2, -0.15) is 0 Å². The minimum absolute atomic E-state index is 0.0591. The Hall–Kier alpha value is -3.35. The second-order valence-electron chi connectivity index (χ2n) is 8.88. The van der Waals surface area contributed by atoms with Gasteiger partial charge in [0.1, 0.15) is 18.2 Å². The fourth-order valence-electron chi connectivity index (χ4n) is 5.29. The zero-order chi connectivity index (χ0) is 22.3. The third kappa shape index (κ3) is 3.32. The van der Waals surface area contributed by atoms with Gasteiger partial charge in [-0.3, -0.25) is 4.79 Å². The lowest BCUT2D eigenvalue weighted by molar-refractivity contribution is -0.152.